The third-order valence-electron chi connectivity index (χ3n) is 5.29. The number of ether oxygens (including phenoxy) is 1. The van der Waals surface area contributed by atoms with Crippen LogP contribution >= 0.6 is 0 Å². The lowest BCUT2D eigenvalue weighted by Gasteiger charge is -2.29. The normalized spacial score (nSPS) is 17.6. The van der Waals surface area contributed by atoms with Crippen LogP contribution in [0.25, 0.3) is 0 Å². The number of nitrogens with one attached hydrogen (secondary N) is 3. The lowest BCUT2D eigenvalue weighted by Crippen LogP contribution is -2.55. The van der Waals surface area contributed by atoms with Crippen LogP contribution in [-0.4, -0.2) is 76.6 Å². The van der Waals surface area contributed by atoms with Crippen LogP contribution in [0.4, 0.5) is 4.79 Å². The number of carbonyl (C=O) groups excluding carboxylic acids is 4. The van der Waals surface area contributed by atoms with E-state index in [4.69, 9.17) is 4.74 Å². The van der Waals surface area contributed by atoms with Gasteiger partial charge in [0.2, 0.25) is 17.7 Å². The van der Waals surface area contributed by atoms with Crippen LogP contribution in [0.3, 0.4) is 0 Å². The Hall–Kier alpha value is -2.85. The fourth-order valence-electron chi connectivity index (χ4n) is 3.78. The standard InChI is InChI=1S/C24H42N4O7/c1-14(2)11-16(20(30)25-13-19(29)26-17(22(32)33)12-15(3)4)27-21(31)18-9-8-10-28(18)23(34)35-24(5,6)7/h14-18H,8-13H2,1-7H3,(H,25,30)(H,26,29)(H,27,31)(H,32,33)/t16-,17-,18-/m0/s1. The summed E-state index contributed by atoms with van der Waals surface area (Å²) >= 11 is 0. The minimum atomic E-state index is -1.14. The van der Waals surface area contributed by atoms with Crippen molar-refractivity contribution in [2.24, 2.45) is 11.8 Å². The van der Waals surface area contributed by atoms with E-state index in [0.717, 1.165) is 0 Å². The number of likely N-dealkylation sites (tertiary alicyclic amines) is 1. The SMILES string of the molecule is CC(C)C[C@H](NC(=O)CNC(=O)[C@H](CC(C)C)NC(=O)[C@@H]1CCCN1C(=O)OC(C)(C)C)C(=O)O. The van der Waals surface area contributed by atoms with Crippen LogP contribution in [0.15, 0.2) is 0 Å². The molecule has 0 aromatic carbocycles. The van der Waals surface area contributed by atoms with Crippen molar-refractivity contribution in [1.29, 1.82) is 0 Å². The molecule has 0 unspecified atom stereocenters. The molecule has 35 heavy (non-hydrogen) atoms. The first-order valence-corrected chi connectivity index (χ1v) is 12.2. The second-order valence-electron chi connectivity index (χ2n) is 10.8. The predicted octanol–water partition coefficient (Wildman–Crippen LogP) is 1.65. The van der Waals surface area contributed by atoms with Crippen molar-refractivity contribution in [2.75, 3.05) is 13.1 Å². The summed E-state index contributed by atoms with van der Waals surface area (Å²) in [5, 5.41) is 16.9. The Kier molecular flexibility index (Phi) is 11.5. The second-order valence-corrected chi connectivity index (χ2v) is 10.8. The zero-order chi connectivity index (χ0) is 26.9. The molecule has 0 saturated carbocycles. The number of rotatable bonds is 11. The van der Waals surface area contributed by atoms with Crippen molar-refractivity contribution in [1.82, 2.24) is 20.9 Å². The minimum Gasteiger partial charge on any atom is -0.480 e. The molecular formula is C24H42N4O7. The zero-order valence-electron chi connectivity index (χ0n) is 22.0. The van der Waals surface area contributed by atoms with Gasteiger partial charge in [0, 0.05) is 6.54 Å². The Morgan fingerprint density at radius 2 is 1.54 bits per heavy atom. The van der Waals surface area contributed by atoms with Gasteiger partial charge in [0.05, 0.1) is 6.54 Å². The summed E-state index contributed by atoms with van der Waals surface area (Å²) in [5.41, 5.74) is -0.698. The van der Waals surface area contributed by atoms with Gasteiger partial charge in [-0.05, 0) is 58.3 Å². The molecule has 11 heteroatoms. The summed E-state index contributed by atoms with van der Waals surface area (Å²) < 4.78 is 5.40. The second kappa shape index (κ2) is 13.3. The van der Waals surface area contributed by atoms with Crippen molar-refractivity contribution in [3.05, 3.63) is 0 Å². The number of carboxylic acids is 1. The van der Waals surface area contributed by atoms with Gasteiger partial charge in [-0.15, -0.1) is 0 Å². The highest BCUT2D eigenvalue weighted by atomic mass is 16.6. The first-order valence-electron chi connectivity index (χ1n) is 12.2. The van der Waals surface area contributed by atoms with Crippen LogP contribution in [0.1, 0.15) is 74.1 Å². The van der Waals surface area contributed by atoms with Gasteiger partial charge in [-0.2, -0.15) is 0 Å². The first-order chi connectivity index (χ1) is 16.1. The van der Waals surface area contributed by atoms with E-state index in [0.29, 0.717) is 25.8 Å². The maximum atomic E-state index is 13.0. The maximum absolute atomic E-state index is 13.0. The quantitative estimate of drug-likeness (QED) is 0.338. The van der Waals surface area contributed by atoms with Gasteiger partial charge in [-0.25, -0.2) is 9.59 Å². The molecule has 0 bridgehead atoms. The minimum absolute atomic E-state index is 0.0625. The third-order valence-corrected chi connectivity index (χ3v) is 5.29. The summed E-state index contributed by atoms with van der Waals surface area (Å²) in [5.74, 6) is -2.66. The molecule has 4 N–H and O–H groups in total. The Bertz CT molecular complexity index is 776. The van der Waals surface area contributed by atoms with Gasteiger partial charge in [0.15, 0.2) is 0 Å². The van der Waals surface area contributed by atoms with Gasteiger partial charge in [-0.1, -0.05) is 27.7 Å². The molecular weight excluding hydrogens is 456 g/mol. The highest BCUT2D eigenvalue weighted by molar-refractivity contribution is 5.93. The van der Waals surface area contributed by atoms with E-state index in [9.17, 15) is 29.1 Å². The van der Waals surface area contributed by atoms with Crippen molar-refractivity contribution in [2.45, 2.75) is 97.9 Å². The predicted molar refractivity (Wildman–Crippen MR) is 129 cm³/mol. The summed E-state index contributed by atoms with van der Waals surface area (Å²) in [6.45, 7) is 12.7. The van der Waals surface area contributed by atoms with E-state index < -0.39 is 60.1 Å². The fraction of sp³-hybridized carbons (Fsp3) is 0.792. The highest BCUT2D eigenvalue weighted by Gasteiger charge is 2.38. The average molecular weight is 499 g/mol. The Morgan fingerprint density at radius 1 is 0.971 bits per heavy atom. The van der Waals surface area contributed by atoms with E-state index in [1.807, 2.05) is 27.7 Å². The van der Waals surface area contributed by atoms with E-state index in [-0.39, 0.29) is 18.3 Å². The molecule has 1 aliphatic heterocycles. The largest absolute Gasteiger partial charge is 0.480 e. The average Bonchev–Trinajstić information content (AvgIpc) is 3.19. The molecule has 11 nitrogen and oxygen atoms in total. The number of nitrogens with zero attached hydrogens (tertiary/aromatic N) is 1. The molecule has 0 aliphatic carbocycles. The molecule has 1 heterocycles. The monoisotopic (exact) mass is 498 g/mol. The number of carboxylic acid groups (broad SMARTS) is 1. The number of aliphatic carboxylic acids is 1. The molecule has 0 aromatic heterocycles. The molecule has 4 amide bonds. The van der Waals surface area contributed by atoms with Gasteiger partial charge in [0.25, 0.3) is 0 Å². The van der Waals surface area contributed by atoms with Crippen LogP contribution in [0.5, 0.6) is 0 Å². The van der Waals surface area contributed by atoms with Crippen LogP contribution in [0.2, 0.25) is 0 Å². The number of carbonyl (C=O) groups is 5. The van der Waals surface area contributed by atoms with Crippen molar-refractivity contribution < 1.29 is 33.8 Å². The third kappa shape index (κ3) is 11.0. The van der Waals surface area contributed by atoms with E-state index in [1.54, 1.807) is 20.8 Å². The maximum Gasteiger partial charge on any atom is 0.410 e. The molecule has 1 rings (SSSR count). The first kappa shape index (κ1) is 30.2. The van der Waals surface area contributed by atoms with Gasteiger partial charge in [-0.3, -0.25) is 19.3 Å². The molecule has 1 fully saturated rings. The van der Waals surface area contributed by atoms with Crippen LogP contribution in [0, 0.1) is 11.8 Å². The van der Waals surface area contributed by atoms with Crippen molar-refractivity contribution in [3.63, 3.8) is 0 Å². The molecule has 1 aliphatic rings. The Morgan fingerprint density at radius 3 is 2.06 bits per heavy atom. The van der Waals surface area contributed by atoms with Gasteiger partial charge >= 0.3 is 12.1 Å². The molecule has 1 saturated heterocycles. The topological polar surface area (TPSA) is 154 Å². The van der Waals surface area contributed by atoms with Crippen LogP contribution in [-0.2, 0) is 23.9 Å². The molecule has 200 valence electrons. The van der Waals surface area contributed by atoms with Crippen LogP contribution < -0.4 is 16.0 Å². The fourth-order valence-corrected chi connectivity index (χ4v) is 3.78. The zero-order valence-corrected chi connectivity index (χ0v) is 22.0. The summed E-state index contributed by atoms with van der Waals surface area (Å²) in [4.78, 5) is 63.3. The van der Waals surface area contributed by atoms with Crippen molar-refractivity contribution in [3.8, 4) is 0 Å². The lowest BCUT2D eigenvalue weighted by molar-refractivity contribution is -0.142. The summed E-state index contributed by atoms with van der Waals surface area (Å²) in [7, 11) is 0. The Balaban J connectivity index is 2.77. The molecule has 0 spiro atoms. The summed E-state index contributed by atoms with van der Waals surface area (Å²) in [6.07, 6.45) is 1.10. The number of amides is 4. The highest BCUT2D eigenvalue weighted by Crippen LogP contribution is 2.21. The summed E-state index contributed by atoms with van der Waals surface area (Å²) in [6, 6.07) is -2.71. The van der Waals surface area contributed by atoms with E-state index in [2.05, 4.69) is 16.0 Å². The molecule has 0 radical (unpaired) electrons. The Labute approximate surface area is 207 Å². The van der Waals surface area contributed by atoms with Gasteiger partial charge < -0.3 is 25.8 Å². The van der Waals surface area contributed by atoms with E-state index in [1.165, 1.54) is 4.90 Å². The van der Waals surface area contributed by atoms with Crippen molar-refractivity contribution >= 4 is 29.8 Å². The lowest BCUT2D eigenvalue weighted by atomic mass is 10.0. The molecule has 3 atom stereocenters. The number of hydrogen-bond donors (Lipinski definition) is 4. The smallest absolute Gasteiger partial charge is 0.410 e. The molecule has 0 aromatic rings. The van der Waals surface area contributed by atoms with Gasteiger partial charge in [0.1, 0.15) is 23.7 Å². The number of hydrogen-bond acceptors (Lipinski definition) is 6. The van der Waals surface area contributed by atoms with E-state index >= 15 is 0 Å².